The fourth-order valence-corrected chi connectivity index (χ4v) is 2.33. The third-order valence-corrected chi connectivity index (χ3v) is 3.36. The third kappa shape index (κ3) is 5.04. The molecule has 1 aliphatic carbocycles. The van der Waals surface area contributed by atoms with Crippen LogP contribution in [0.15, 0.2) is 0 Å². The summed E-state index contributed by atoms with van der Waals surface area (Å²) < 4.78 is 5.18. The van der Waals surface area contributed by atoms with Gasteiger partial charge in [-0.25, -0.2) is 0 Å². The van der Waals surface area contributed by atoms with Gasteiger partial charge < -0.3 is 15.2 Å². The van der Waals surface area contributed by atoms with Crippen LogP contribution in [0.3, 0.4) is 0 Å². The van der Waals surface area contributed by atoms with Crippen LogP contribution in [0.5, 0.6) is 0 Å². The number of nitrogens with one attached hydrogen (secondary N) is 1. The van der Waals surface area contributed by atoms with E-state index >= 15 is 0 Å². The van der Waals surface area contributed by atoms with Gasteiger partial charge in [-0.2, -0.15) is 0 Å². The molecule has 1 amide bonds. The zero-order valence-electron chi connectivity index (χ0n) is 11.0. The fraction of sp³-hybridized carbons (Fsp3) is 0.846. The van der Waals surface area contributed by atoms with Gasteiger partial charge in [0.25, 0.3) is 0 Å². The van der Waals surface area contributed by atoms with Crippen LogP contribution in [0.1, 0.15) is 39.0 Å². The molecule has 0 bridgehead atoms. The summed E-state index contributed by atoms with van der Waals surface area (Å²) >= 11 is 0. The summed E-state index contributed by atoms with van der Waals surface area (Å²) in [6.07, 6.45) is 3.61. The van der Waals surface area contributed by atoms with Crippen molar-refractivity contribution in [1.82, 2.24) is 5.32 Å². The Kier molecular flexibility index (Phi) is 6.72. The largest absolute Gasteiger partial charge is 0.481 e. The number of carbonyl (C=O) groups excluding carboxylic acids is 1. The maximum absolute atomic E-state index is 11.9. The lowest BCUT2D eigenvalue weighted by Gasteiger charge is -2.25. The van der Waals surface area contributed by atoms with Crippen molar-refractivity contribution in [3.8, 4) is 0 Å². The van der Waals surface area contributed by atoms with Crippen LogP contribution < -0.4 is 5.32 Å². The molecule has 2 N–H and O–H groups in total. The highest BCUT2D eigenvalue weighted by molar-refractivity contribution is 5.80. The standard InChI is InChI=1S/C13H23NO4/c1-2-18-8-4-7-14-12(15)10-5-3-6-11(9-10)13(16)17/h10-11H,2-9H2,1H3,(H,14,15)(H,16,17). The average Bonchev–Trinajstić information content (AvgIpc) is 2.38. The van der Waals surface area contributed by atoms with Crippen molar-refractivity contribution in [2.75, 3.05) is 19.8 Å². The average molecular weight is 257 g/mol. The van der Waals surface area contributed by atoms with Crippen LogP contribution >= 0.6 is 0 Å². The summed E-state index contributed by atoms with van der Waals surface area (Å²) in [7, 11) is 0. The van der Waals surface area contributed by atoms with E-state index in [0.29, 0.717) is 32.6 Å². The lowest BCUT2D eigenvalue weighted by Crippen LogP contribution is -2.36. The predicted molar refractivity (Wildman–Crippen MR) is 67.2 cm³/mol. The number of rotatable bonds is 7. The molecule has 1 saturated carbocycles. The van der Waals surface area contributed by atoms with E-state index in [9.17, 15) is 9.59 Å². The Balaban J connectivity index is 2.22. The van der Waals surface area contributed by atoms with E-state index in [-0.39, 0.29) is 17.7 Å². The number of hydrogen-bond acceptors (Lipinski definition) is 3. The Bertz CT molecular complexity index is 280. The molecular weight excluding hydrogens is 234 g/mol. The van der Waals surface area contributed by atoms with E-state index in [1.54, 1.807) is 0 Å². The molecule has 0 saturated heterocycles. The summed E-state index contributed by atoms with van der Waals surface area (Å²) in [6.45, 7) is 3.88. The highest BCUT2D eigenvalue weighted by Gasteiger charge is 2.30. The first-order chi connectivity index (χ1) is 8.65. The Hall–Kier alpha value is -1.10. The van der Waals surface area contributed by atoms with Crippen LogP contribution in [0.25, 0.3) is 0 Å². The molecule has 1 fully saturated rings. The van der Waals surface area contributed by atoms with Crippen molar-refractivity contribution < 1.29 is 19.4 Å². The number of hydrogen-bond donors (Lipinski definition) is 2. The Labute approximate surface area is 108 Å². The van der Waals surface area contributed by atoms with Gasteiger partial charge in [0, 0.05) is 25.7 Å². The van der Waals surface area contributed by atoms with E-state index in [1.807, 2.05) is 6.92 Å². The molecule has 0 radical (unpaired) electrons. The van der Waals surface area contributed by atoms with Crippen LogP contribution in [0, 0.1) is 11.8 Å². The number of ether oxygens (including phenoxy) is 1. The highest BCUT2D eigenvalue weighted by atomic mass is 16.5. The van der Waals surface area contributed by atoms with Crippen LogP contribution in [0.2, 0.25) is 0 Å². The first-order valence-corrected chi connectivity index (χ1v) is 6.73. The zero-order valence-corrected chi connectivity index (χ0v) is 11.0. The number of carboxylic acid groups (broad SMARTS) is 1. The van der Waals surface area contributed by atoms with Crippen LogP contribution in [-0.2, 0) is 14.3 Å². The van der Waals surface area contributed by atoms with Gasteiger partial charge in [-0.15, -0.1) is 0 Å². The van der Waals surface area contributed by atoms with Gasteiger partial charge in [-0.05, 0) is 32.6 Å². The second kappa shape index (κ2) is 8.08. The maximum atomic E-state index is 11.9. The van der Waals surface area contributed by atoms with Crippen molar-refractivity contribution >= 4 is 11.9 Å². The Morgan fingerprint density at radius 1 is 1.33 bits per heavy atom. The van der Waals surface area contributed by atoms with Gasteiger partial charge in [-0.1, -0.05) is 6.42 Å². The molecule has 0 heterocycles. The molecule has 18 heavy (non-hydrogen) atoms. The monoisotopic (exact) mass is 257 g/mol. The quantitative estimate of drug-likeness (QED) is 0.676. The third-order valence-electron chi connectivity index (χ3n) is 3.36. The van der Waals surface area contributed by atoms with E-state index in [4.69, 9.17) is 9.84 Å². The molecule has 0 aromatic carbocycles. The van der Waals surface area contributed by atoms with E-state index in [0.717, 1.165) is 19.3 Å². The number of amides is 1. The topological polar surface area (TPSA) is 75.6 Å². The first kappa shape index (κ1) is 15.0. The molecule has 0 aliphatic heterocycles. The Morgan fingerprint density at radius 2 is 2.06 bits per heavy atom. The summed E-state index contributed by atoms with van der Waals surface area (Å²) in [5.74, 6) is -1.26. The molecule has 2 unspecified atom stereocenters. The molecule has 1 rings (SSSR count). The molecular formula is C13H23NO4. The molecule has 1 aliphatic rings. The van der Waals surface area contributed by atoms with E-state index in [1.165, 1.54) is 0 Å². The number of aliphatic carboxylic acids is 1. The lowest BCUT2D eigenvalue weighted by molar-refractivity contribution is -0.144. The summed E-state index contributed by atoms with van der Waals surface area (Å²) in [5.41, 5.74) is 0. The lowest BCUT2D eigenvalue weighted by atomic mass is 9.81. The molecule has 5 heteroatoms. The van der Waals surface area contributed by atoms with Gasteiger partial charge in [0.2, 0.25) is 5.91 Å². The zero-order chi connectivity index (χ0) is 13.4. The minimum atomic E-state index is -0.774. The normalized spacial score (nSPS) is 23.6. The fourth-order valence-electron chi connectivity index (χ4n) is 2.33. The summed E-state index contributed by atoms with van der Waals surface area (Å²) in [6, 6.07) is 0. The van der Waals surface area contributed by atoms with Gasteiger partial charge in [0.15, 0.2) is 0 Å². The van der Waals surface area contributed by atoms with Crippen molar-refractivity contribution in [2.24, 2.45) is 11.8 Å². The molecule has 0 spiro atoms. The number of carboxylic acids is 1. The van der Waals surface area contributed by atoms with Gasteiger partial charge in [-0.3, -0.25) is 9.59 Å². The molecule has 0 aromatic heterocycles. The predicted octanol–water partition coefficient (Wildman–Crippen LogP) is 1.42. The second-order valence-corrected chi connectivity index (χ2v) is 4.74. The van der Waals surface area contributed by atoms with Gasteiger partial charge in [0.05, 0.1) is 5.92 Å². The van der Waals surface area contributed by atoms with Gasteiger partial charge in [0.1, 0.15) is 0 Å². The molecule has 0 aromatic rings. The minimum Gasteiger partial charge on any atom is -0.481 e. The van der Waals surface area contributed by atoms with Gasteiger partial charge >= 0.3 is 5.97 Å². The SMILES string of the molecule is CCOCCCNC(=O)C1CCCC(C(=O)O)C1. The molecule has 104 valence electrons. The van der Waals surface area contributed by atoms with Crippen molar-refractivity contribution in [3.05, 3.63) is 0 Å². The van der Waals surface area contributed by atoms with Crippen molar-refractivity contribution in [3.63, 3.8) is 0 Å². The number of carbonyl (C=O) groups is 2. The second-order valence-electron chi connectivity index (χ2n) is 4.74. The highest BCUT2D eigenvalue weighted by Crippen LogP contribution is 2.29. The Morgan fingerprint density at radius 3 is 2.72 bits per heavy atom. The van der Waals surface area contributed by atoms with Crippen LogP contribution in [0.4, 0.5) is 0 Å². The molecule has 2 atom stereocenters. The van der Waals surface area contributed by atoms with Crippen molar-refractivity contribution in [2.45, 2.75) is 39.0 Å². The smallest absolute Gasteiger partial charge is 0.306 e. The minimum absolute atomic E-state index is 0.00236. The molecule has 5 nitrogen and oxygen atoms in total. The van der Waals surface area contributed by atoms with E-state index in [2.05, 4.69) is 5.32 Å². The van der Waals surface area contributed by atoms with Crippen LogP contribution in [-0.4, -0.2) is 36.7 Å². The van der Waals surface area contributed by atoms with E-state index < -0.39 is 5.97 Å². The van der Waals surface area contributed by atoms with Crippen molar-refractivity contribution in [1.29, 1.82) is 0 Å². The maximum Gasteiger partial charge on any atom is 0.306 e. The first-order valence-electron chi connectivity index (χ1n) is 6.73. The summed E-state index contributed by atoms with van der Waals surface area (Å²) in [5, 5.41) is 11.8. The summed E-state index contributed by atoms with van der Waals surface area (Å²) in [4.78, 5) is 22.8.